The molecular weight excluding hydrogens is 238 g/mol. The van der Waals surface area contributed by atoms with Crippen LogP contribution in [0.1, 0.15) is 38.5 Å². The number of carbonyl (C=O) groups is 1. The van der Waals surface area contributed by atoms with Crippen molar-refractivity contribution in [3.63, 3.8) is 0 Å². The topological polar surface area (TPSA) is 49.6 Å². The van der Waals surface area contributed by atoms with E-state index in [4.69, 9.17) is 5.73 Å². The molecule has 3 atom stereocenters. The molecule has 2 aliphatic heterocycles. The lowest BCUT2D eigenvalue weighted by Crippen LogP contribution is -2.41. The van der Waals surface area contributed by atoms with Crippen LogP contribution in [-0.2, 0) is 4.79 Å². The van der Waals surface area contributed by atoms with Gasteiger partial charge in [-0.1, -0.05) is 6.42 Å². The Hall–Kier alpha value is -0.610. The number of carbonyl (C=O) groups excluding carboxylic acids is 1. The maximum atomic E-state index is 12.5. The smallest absolute Gasteiger partial charge is 0.227 e. The molecule has 1 aliphatic carbocycles. The largest absolute Gasteiger partial charge is 0.342 e. The van der Waals surface area contributed by atoms with Gasteiger partial charge in [-0.2, -0.15) is 0 Å². The molecule has 3 rings (SSSR count). The molecule has 2 heterocycles. The lowest BCUT2D eigenvalue weighted by Gasteiger charge is -2.24. The molecule has 0 aromatic rings. The van der Waals surface area contributed by atoms with Gasteiger partial charge in [0, 0.05) is 25.7 Å². The van der Waals surface area contributed by atoms with Gasteiger partial charge < -0.3 is 15.5 Å². The Morgan fingerprint density at radius 1 is 1.05 bits per heavy atom. The molecule has 0 aromatic carbocycles. The van der Waals surface area contributed by atoms with Crippen molar-refractivity contribution < 1.29 is 4.79 Å². The van der Waals surface area contributed by atoms with Crippen molar-refractivity contribution in [2.75, 3.05) is 32.7 Å². The predicted octanol–water partition coefficient (Wildman–Crippen LogP) is 1.06. The van der Waals surface area contributed by atoms with E-state index in [1.54, 1.807) is 0 Å². The quantitative estimate of drug-likeness (QED) is 0.830. The standard InChI is InChI=1S/C15H27N3O/c16-14-5-3-4-13(14)15(19)18-9-6-12(11-18)10-17-7-1-2-8-17/h12-14H,1-11,16H2/t12-,13+,14-/m1/s1. The Morgan fingerprint density at radius 3 is 2.53 bits per heavy atom. The Labute approximate surface area is 116 Å². The lowest BCUT2D eigenvalue weighted by molar-refractivity contribution is -0.134. The van der Waals surface area contributed by atoms with Gasteiger partial charge in [0.1, 0.15) is 0 Å². The molecule has 0 spiro atoms. The first-order valence-electron chi connectivity index (χ1n) is 8.01. The van der Waals surface area contributed by atoms with Crippen LogP contribution in [0.4, 0.5) is 0 Å². The molecule has 4 nitrogen and oxygen atoms in total. The van der Waals surface area contributed by atoms with Crippen LogP contribution in [0, 0.1) is 11.8 Å². The summed E-state index contributed by atoms with van der Waals surface area (Å²) >= 11 is 0. The van der Waals surface area contributed by atoms with Crippen LogP contribution in [0.25, 0.3) is 0 Å². The molecule has 0 unspecified atom stereocenters. The summed E-state index contributed by atoms with van der Waals surface area (Å²) in [6, 6.07) is 0.116. The van der Waals surface area contributed by atoms with E-state index in [1.165, 1.54) is 38.9 Å². The van der Waals surface area contributed by atoms with Crippen molar-refractivity contribution in [3.05, 3.63) is 0 Å². The van der Waals surface area contributed by atoms with E-state index in [0.29, 0.717) is 11.8 Å². The summed E-state index contributed by atoms with van der Waals surface area (Å²) in [5, 5.41) is 0. The summed E-state index contributed by atoms with van der Waals surface area (Å²) in [5.41, 5.74) is 6.06. The van der Waals surface area contributed by atoms with E-state index in [-0.39, 0.29) is 12.0 Å². The van der Waals surface area contributed by atoms with E-state index in [2.05, 4.69) is 9.80 Å². The molecule has 3 aliphatic rings. The van der Waals surface area contributed by atoms with E-state index in [1.807, 2.05) is 0 Å². The maximum Gasteiger partial charge on any atom is 0.227 e. The number of nitrogens with zero attached hydrogens (tertiary/aromatic N) is 2. The highest BCUT2D eigenvalue weighted by atomic mass is 16.2. The second kappa shape index (κ2) is 5.80. The van der Waals surface area contributed by atoms with E-state index < -0.39 is 0 Å². The van der Waals surface area contributed by atoms with Crippen molar-refractivity contribution in [2.24, 2.45) is 17.6 Å². The Bertz CT molecular complexity index is 327. The second-order valence-electron chi connectivity index (χ2n) is 6.65. The SMILES string of the molecule is N[C@@H]1CCC[C@@H]1C(=O)N1CC[C@H](CN2CCCC2)C1. The van der Waals surface area contributed by atoms with Gasteiger partial charge in [-0.05, 0) is 51.1 Å². The fraction of sp³-hybridized carbons (Fsp3) is 0.933. The molecule has 19 heavy (non-hydrogen) atoms. The first-order chi connectivity index (χ1) is 9.24. The maximum absolute atomic E-state index is 12.5. The average Bonchev–Trinajstić information content (AvgIpc) is 3.10. The Balaban J connectivity index is 1.49. The van der Waals surface area contributed by atoms with E-state index in [9.17, 15) is 4.79 Å². The monoisotopic (exact) mass is 265 g/mol. The Morgan fingerprint density at radius 2 is 1.84 bits per heavy atom. The summed E-state index contributed by atoms with van der Waals surface area (Å²) in [5.74, 6) is 1.15. The van der Waals surface area contributed by atoms with E-state index in [0.717, 1.165) is 32.4 Å². The molecule has 4 heteroatoms. The van der Waals surface area contributed by atoms with Gasteiger partial charge in [0.25, 0.3) is 0 Å². The minimum atomic E-state index is 0.116. The van der Waals surface area contributed by atoms with Crippen LogP contribution >= 0.6 is 0 Å². The van der Waals surface area contributed by atoms with Crippen molar-refractivity contribution in [1.29, 1.82) is 0 Å². The van der Waals surface area contributed by atoms with Gasteiger partial charge in [-0.15, -0.1) is 0 Å². The highest BCUT2D eigenvalue weighted by Crippen LogP contribution is 2.28. The lowest BCUT2D eigenvalue weighted by atomic mass is 10.0. The summed E-state index contributed by atoms with van der Waals surface area (Å²) < 4.78 is 0. The van der Waals surface area contributed by atoms with Gasteiger partial charge >= 0.3 is 0 Å². The summed E-state index contributed by atoms with van der Waals surface area (Å²) in [6.45, 7) is 5.65. The number of amides is 1. The molecule has 2 saturated heterocycles. The third kappa shape index (κ3) is 2.95. The van der Waals surface area contributed by atoms with Crippen molar-refractivity contribution in [1.82, 2.24) is 9.80 Å². The van der Waals surface area contributed by atoms with Crippen LogP contribution in [0.5, 0.6) is 0 Å². The first kappa shape index (κ1) is 13.4. The van der Waals surface area contributed by atoms with Gasteiger partial charge in [0.05, 0.1) is 5.92 Å². The summed E-state index contributed by atoms with van der Waals surface area (Å²) in [6.07, 6.45) is 7.06. The number of hydrogen-bond donors (Lipinski definition) is 1. The van der Waals surface area contributed by atoms with Crippen molar-refractivity contribution >= 4 is 5.91 Å². The fourth-order valence-electron chi connectivity index (χ4n) is 4.04. The van der Waals surface area contributed by atoms with Gasteiger partial charge in [-0.3, -0.25) is 4.79 Å². The summed E-state index contributed by atoms with van der Waals surface area (Å²) in [7, 11) is 0. The molecule has 0 radical (unpaired) electrons. The molecular formula is C15H27N3O. The number of nitrogens with two attached hydrogens (primary N) is 1. The van der Waals surface area contributed by atoms with Crippen LogP contribution in [0.15, 0.2) is 0 Å². The summed E-state index contributed by atoms with van der Waals surface area (Å²) in [4.78, 5) is 17.1. The predicted molar refractivity (Wildman–Crippen MR) is 75.7 cm³/mol. The van der Waals surface area contributed by atoms with Crippen LogP contribution < -0.4 is 5.73 Å². The van der Waals surface area contributed by atoms with Crippen LogP contribution in [-0.4, -0.2) is 54.5 Å². The minimum Gasteiger partial charge on any atom is -0.342 e. The average molecular weight is 265 g/mol. The van der Waals surface area contributed by atoms with Crippen molar-refractivity contribution in [2.45, 2.75) is 44.6 Å². The van der Waals surface area contributed by atoms with Crippen molar-refractivity contribution in [3.8, 4) is 0 Å². The number of hydrogen-bond acceptors (Lipinski definition) is 3. The zero-order valence-corrected chi connectivity index (χ0v) is 11.9. The van der Waals surface area contributed by atoms with Crippen LogP contribution in [0.2, 0.25) is 0 Å². The highest BCUT2D eigenvalue weighted by molar-refractivity contribution is 5.80. The zero-order chi connectivity index (χ0) is 13.2. The fourth-order valence-corrected chi connectivity index (χ4v) is 4.04. The Kier molecular flexibility index (Phi) is 4.08. The number of likely N-dealkylation sites (tertiary alicyclic amines) is 2. The van der Waals surface area contributed by atoms with Gasteiger partial charge in [0.2, 0.25) is 5.91 Å². The second-order valence-corrected chi connectivity index (χ2v) is 6.65. The van der Waals surface area contributed by atoms with E-state index >= 15 is 0 Å². The molecule has 1 amide bonds. The normalized spacial score (nSPS) is 36.3. The number of rotatable bonds is 3. The minimum absolute atomic E-state index is 0.116. The molecule has 3 fully saturated rings. The molecule has 0 aromatic heterocycles. The third-order valence-corrected chi connectivity index (χ3v) is 5.20. The molecule has 0 bridgehead atoms. The molecule has 108 valence electrons. The van der Waals surface area contributed by atoms with Gasteiger partial charge in [-0.25, -0.2) is 0 Å². The zero-order valence-electron chi connectivity index (χ0n) is 11.9. The molecule has 2 N–H and O–H groups in total. The third-order valence-electron chi connectivity index (χ3n) is 5.20. The first-order valence-corrected chi connectivity index (χ1v) is 8.01. The van der Waals surface area contributed by atoms with Crippen LogP contribution in [0.3, 0.4) is 0 Å². The van der Waals surface area contributed by atoms with Gasteiger partial charge in [0.15, 0.2) is 0 Å². The molecule has 1 saturated carbocycles. The highest BCUT2D eigenvalue weighted by Gasteiger charge is 2.36.